The van der Waals surface area contributed by atoms with Crippen LogP contribution in [0, 0.1) is 22.7 Å². The molecule has 2 saturated carbocycles. The van der Waals surface area contributed by atoms with E-state index in [2.05, 4.69) is 13.8 Å². The highest BCUT2D eigenvalue weighted by Crippen LogP contribution is 2.68. The van der Waals surface area contributed by atoms with Crippen molar-refractivity contribution in [3.8, 4) is 0 Å². The van der Waals surface area contributed by atoms with E-state index in [0.717, 1.165) is 32.1 Å². The van der Waals surface area contributed by atoms with Gasteiger partial charge in [0.15, 0.2) is 0 Å². The van der Waals surface area contributed by atoms with Crippen molar-refractivity contribution in [2.75, 3.05) is 13.2 Å². The summed E-state index contributed by atoms with van der Waals surface area (Å²) in [7, 11) is 0. The molecule has 0 radical (unpaired) electrons. The first kappa shape index (κ1) is 17.7. The van der Waals surface area contributed by atoms with Crippen molar-refractivity contribution in [1.82, 2.24) is 0 Å². The topological polar surface area (TPSA) is 76.0 Å². The summed E-state index contributed by atoms with van der Waals surface area (Å²) in [6.07, 6.45) is 5.36. The van der Waals surface area contributed by atoms with Gasteiger partial charge in [-0.1, -0.05) is 20.8 Å². The second kappa shape index (κ2) is 5.43. The monoisotopic (exact) mass is 352 g/mol. The van der Waals surface area contributed by atoms with Crippen LogP contribution in [0.3, 0.4) is 0 Å². The zero-order chi connectivity index (χ0) is 18.1. The van der Waals surface area contributed by atoms with Crippen molar-refractivity contribution in [3.05, 3.63) is 0 Å². The van der Waals surface area contributed by atoms with Gasteiger partial charge in [0, 0.05) is 10.8 Å². The van der Waals surface area contributed by atoms with Crippen molar-refractivity contribution in [2.45, 2.75) is 83.0 Å². The molecule has 142 valence electrons. The number of ether oxygens (including phenoxy) is 2. The van der Waals surface area contributed by atoms with Crippen molar-refractivity contribution < 1.29 is 24.5 Å². The second-order valence-corrected chi connectivity index (χ2v) is 9.68. The third-order valence-electron chi connectivity index (χ3n) is 8.57. The van der Waals surface area contributed by atoms with Crippen LogP contribution in [0.25, 0.3) is 0 Å². The summed E-state index contributed by atoms with van der Waals surface area (Å²) in [6.45, 7) is 7.01. The average molecular weight is 352 g/mol. The molecule has 2 saturated heterocycles. The maximum atomic E-state index is 11.7. The van der Waals surface area contributed by atoms with Gasteiger partial charge in [0.05, 0.1) is 24.7 Å². The number of rotatable bonds is 1. The minimum Gasteiger partial charge on any atom is -0.463 e. The molecule has 5 heteroatoms. The Bertz CT molecular complexity index is 578. The fourth-order valence-corrected chi connectivity index (χ4v) is 6.94. The molecule has 25 heavy (non-hydrogen) atoms. The molecule has 0 amide bonds. The summed E-state index contributed by atoms with van der Waals surface area (Å²) in [6, 6.07) is 0. The van der Waals surface area contributed by atoms with Crippen LogP contribution >= 0.6 is 0 Å². The molecule has 0 aromatic rings. The van der Waals surface area contributed by atoms with Crippen LogP contribution in [0.4, 0.5) is 0 Å². The Balaban J connectivity index is 1.74. The van der Waals surface area contributed by atoms with Gasteiger partial charge >= 0.3 is 5.97 Å². The van der Waals surface area contributed by atoms with Crippen LogP contribution < -0.4 is 0 Å². The summed E-state index contributed by atoms with van der Waals surface area (Å²) in [5, 5.41) is 20.8. The molecule has 0 aromatic carbocycles. The van der Waals surface area contributed by atoms with E-state index in [0.29, 0.717) is 25.4 Å². The Morgan fingerprint density at radius 3 is 2.56 bits per heavy atom. The van der Waals surface area contributed by atoms with E-state index < -0.39 is 17.1 Å². The first-order chi connectivity index (χ1) is 11.7. The highest BCUT2D eigenvalue weighted by Gasteiger charge is 2.69. The smallest absolute Gasteiger partial charge is 0.308 e. The number of cyclic esters (lactones) is 1. The van der Waals surface area contributed by atoms with Crippen molar-refractivity contribution >= 4 is 5.97 Å². The van der Waals surface area contributed by atoms with Gasteiger partial charge in [-0.2, -0.15) is 0 Å². The molecule has 0 unspecified atom stereocenters. The van der Waals surface area contributed by atoms with Crippen LogP contribution in [-0.2, 0) is 14.3 Å². The van der Waals surface area contributed by atoms with Crippen LogP contribution in [-0.4, -0.2) is 46.7 Å². The fraction of sp³-hybridized carbons (Fsp3) is 0.950. The minimum atomic E-state index is -0.485. The molecule has 0 aromatic heterocycles. The highest BCUT2D eigenvalue weighted by atomic mass is 16.6. The van der Waals surface area contributed by atoms with E-state index in [1.807, 2.05) is 6.92 Å². The lowest BCUT2D eigenvalue weighted by Gasteiger charge is -2.65. The van der Waals surface area contributed by atoms with Gasteiger partial charge in [-0.3, -0.25) is 4.79 Å². The number of carbonyl (C=O) groups excluding carboxylic acids is 1. The van der Waals surface area contributed by atoms with E-state index in [4.69, 9.17) is 9.47 Å². The lowest BCUT2D eigenvalue weighted by molar-refractivity contribution is -0.266. The largest absolute Gasteiger partial charge is 0.463 e. The maximum Gasteiger partial charge on any atom is 0.308 e. The second-order valence-electron chi connectivity index (χ2n) is 9.68. The number of fused-ring (bicyclic) bond motifs is 2. The van der Waals surface area contributed by atoms with Gasteiger partial charge in [-0.25, -0.2) is 0 Å². The summed E-state index contributed by atoms with van der Waals surface area (Å²) in [5.74, 6) is 0.474. The predicted octanol–water partition coefficient (Wildman–Crippen LogP) is 2.43. The Morgan fingerprint density at radius 1 is 1.16 bits per heavy atom. The van der Waals surface area contributed by atoms with Crippen LogP contribution in [0.2, 0.25) is 0 Å². The molecule has 4 rings (SSSR count). The Labute approximate surface area is 150 Å². The maximum absolute atomic E-state index is 11.7. The van der Waals surface area contributed by atoms with Gasteiger partial charge in [0.1, 0.15) is 12.2 Å². The van der Waals surface area contributed by atoms with E-state index in [1.165, 1.54) is 0 Å². The first-order valence-corrected chi connectivity index (χ1v) is 9.86. The van der Waals surface area contributed by atoms with Gasteiger partial charge in [0.2, 0.25) is 0 Å². The molecular formula is C20H32O5. The molecule has 4 aliphatic rings. The fourth-order valence-electron chi connectivity index (χ4n) is 6.94. The van der Waals surface area contributed by atoms with Crippen molar-refractivity contribution in [3.63, 3.8) is 0 Å². The predicted molar refractivity (Wildman–Crippen MR) is 91.8 cm³/mol. The average Bonchev–Trinajstić information content (AvgIpc) is 3.14. The summed E-state index contributed by atoms with van der Waals surface area (Å²) in [4.78, 5) is 11.7. The highest BCUT2D eigenvalue weighted by molar-refractivity contribution is 5.73. The van der Waals surface area contributed by atoms with E-state index in [-0.39, 0.29) is 29.5 Å². The molecular weight excluding hydrogens is 320 g/mol. The van der Waals surface area contributed by atoms with Gasteiger partial charge in [-0.15, -0.1) is 0 Å². The minimum absolute atomic E-state index is 0.00558. The number of aliphatic hydroxyl groups excluding tert-OH is 2. The zero-order valence-electron chi connectivity index (χ0n) is 15.7. The number of carbonyl (C=O) groups is 1. The van der Waals surface area contributed by atoms with Gasteiger partial charge < -0.3 is 19.7 Å². The van der Waals surface area contributed by atoms with Gasteiger partial charge in [-0.05, 0) is 50.4 Å². The SMILES string of the molecule is C[C@@H]1CC[C@H]2[C@](C)(CO)[C@@H](O)CC[C@]2(C)[C@]12CC[C@]1(COC(=O)C1)O2. The summed E-state index contributed by atoms with van der Waals surface area (Å²) in [5.41, 5.74) is -1.33. The Morgan fingerprint density at radius 2 is 1.92 bits per heavy atom. The third-order valence-corrected chi connectivity index (χ3v) is 8.57. The molecule has 2 N–H and O–H groups in total. The van der Waals surface area contributed by atoms with E-state index in [9.17, 15) is 15.0 Å². The quantitative estimate of drug-likeness (QED) is 0.709. The lowest BCUT2D eigenvalue weighted by Crippen LogP contribution is -2.66. The Kier molecular flexibility index (Phi) is 3.85. The van der Waals surface area contributed by atoms with Crippen LogP contribution in [0.5, 0.6) is 0 Å². The summed E-state index contributed by atoms with van der Waals surface area (Å²) >= 11 is 0. The Hall–Kier alpha value is -0.650. The lowest BCUT2D eigenvalue weighted by atomic mass is 9.43. The number of esters is 1. The normalized spacial score (nSPS) is 55.6. The third kappa shape index (κ3) is 2.15. The zero-order valence-corrected chi connectivity index (χ0v) is 15.7. The molecule has 5 nitrogen and oxygen atoms in total. The molecule has 2 aliphatic carbocycles. The summed E-state index contributed by atoms with van der Waals surface area (Å²) < 4.78 is 12.1. The standard InChI is InChI=1S/C20H32O5/c1-13-4-5-14-17(2,11-21)15(22)6-7-18(14,3)20(13)9-8-19(25-20)10-16(23)24-12-19/h13-15,21-22H,4-12H2,1-3H3/t13-,14+,15+,17+,18+,19+,20+/m1/s1. The van der Waals surface area contributed by atoms with Gasteiger partial charge in [0.25, 0.3) is 0 Å². The number of hydrogen-bond donors (Lipinski definition) is 2. The number of hydrogen-bond acceptors (Lipinski definition) is 5. The van der Waals surface area contributed by atoms with E-state index >= 15 is 0 Å². The molecule has 2 spiro atoms. The molecule has 7 atom stereocenters. The number of aliphatic hydroxyl groups is 2. The van der Waals surface area contributed by atoms with Crippen molar-refractivity contribution in [1.29, 1.82) is 0 Å². The van der Waals surface area contributed by atoms with Crippen molar-refractivity contribution in [2.24, 2.45) is 22.7 Å². The molecule has 4 fully saturated rings. The molecule has 2 aliphatic heterocycles. The first-order valence-electron chi connectivity index (χ1n) is 9.86. The van der Waals surface area contributed by atoms with Crippen LogP contribution in [0.1, 0.15) is 65.7 Å². The van der Waals surface area contributed by atoms with Crippen LogP contribution in [0.15, 0.2) is 0 Å². The van der Waals surface area contributed by atoms with E-state index in [1.54, 1.807) is 0 Å². The molecule has 0 bridgehead atoms. The molecule has 2 heterocycles.